The monoisotopic (exact) mass is 333 g/mol. The van der Waals surface area contributed by atoms with E-state index in [9.17, 15) is 9.18 Å². The average Bonchev–Trinajstić information content (AvgIpc) is 2.42. The van der Waals surface area contributed by atoms with Crippen molar-refractivity contribution in [2.24, 2.45) is 0 Å². The number of hydrogen-bond donors (Lipinski definition) is 1. The fourth-order valence-electron chi connectivity index (χ4n) is 1.65. The highest BCUT2D eigenvalue weighted by Gasteiger charge is 2.02. The van der Waals surface area contributed by atoms with Gasteiger partial charge < -0.3 is 5.32 Å². The summed E-state index contributed by atoms with van der Waals surface area (Å²) in [7, 11) is 0. The van der Waals surface area contributed by atoms with E-state index in [0.29, 0.717) is 0 Å². The average molecular weight is 334 g/mol. The first-order chi connectivity index (χ1) is 9.54. The van der Waals surface area contributed by atoms with E-state index in [1.165, 1.54) is 18.2 Å². The molecule has 0 saturated carbocycles. The van der Waals surface area contributed by atoms with Gasteiger partial charge in [-0.1, -0.05) is 34.1 Å². The third-order valence-corrected chi connectivity index (χ3v) is 3.25. The molecule has 102 valence electrons. The second-order valence-electron chi connectivity index (χ2n) is 4.33. The molecule has 0 unspecified atom stereocenters. The van der Waals surface area contributed by atoms with Gasteiger partial charge in [0.05, 0.1) is 0 Å². The Morgan fingerprint density at radius 2 is 1.90 bits per heavy atom. The summed E-state index contributed by atoms with van der Waals surface area (Å²) in [5.74, 6) is -0.521. The van der Waals surface area contributed by atoms with Gasteiger partial charge >= 0.3 is 0 Å². The zero-order valence-electron chi connectivity index (χ0n) is 10.9. The lowest BCUT2D eigenvalue weighted by Crippen LogP contribution is -2.08. The quantitative estimate of drug-likeness (QED) is 0.820. The van der Waals surface area contributed by atoms with Gasteiger partial charge in [-0.2, -0.15) is 0 Å². The van der Waals surface area contributed by atoms with E-state index in [1.54, 1.807) is 18.2 Å². The number of benzene rings is 2. The molecule has 0 heterocycles. The summed E-state index contributed by atoms with van der Waals surface area (Å²) in [4.78, 5) is 11.8. The maximum Gasteiger partial charge on any atom is 0.248 e. The molecule has 0 fully saturated rings. The van der Waals surface area contributed by atoms with E-state index in [0.717, 1.165) is 21.3 Å². The molecule has 1 N–H and O–H groups in total. The number of carbonyl (C=O) groups excluding carboxylic acids is 1. The van der Waals surface area contributed by atoms with Crippen LogP contribution >= 0.6 is 15.9 Å². The summed E-state index contributed by atoms with van der Waals surface area (Å²) in [5.41, 5.74) is 2.51. The minimum absolute atomic E-state index is 0.226. The number of hydrogen-bond acceptors (Lipinski definition) is 1. The molecule has 0 aliphatic carbocycles. The number of amides is 1. The fraction of sp³-hybridized carbons (Fsp3) is 0.0625. The SMILES string of the molecule is Cc1ccc(Br)cc1NC(=O)/C=C/c1ccc(F)cc1. The number of aryl methyl sites for hydroxylation is 1. The van der Waals surface area contributed by atoms with Crippen molar-refractivity contribution in [2.45, 2.75) is 6.92 Å². The smallest absolute Gasteiger partial charge is 0.248 e. The van der Waals surface area contributed by atoms with Crippen molar-refractivity contribution in [1.29, 1.82) is 0 Å². The molecule has 0 bridgehead atoms. The number of nitrogens with one attached hydrogen (secondary N) is 1. The van der Waals surface area contributed by atoms with Crippen molar-refractivity contribution in [1.82, 2.24) is 0 Å². The predicted molar refractivity (Wildman–Crippen MR) is 82.9 cm³/mol. The summed E-state index contributed by atoms with van der Waals surface area (Å²) in [6.07, 6.45) is 3.07. The van der Waals surface area contributed by atoms with E-state index >= 15 is 0 Å². The maximum atomic E-state index is 12.7. The molecule has 2 rings (SSSR count). The lowest BCUT2D eigenvalue weighted by atomic mass is 10.2. The molecule has 0 aliphatic heterocycles. The van der Waals surface area contributed by atoms with Crippen molar-refractivity contribution in [2.75, 3.05) is 5.32 Å². The topological polar surface area (TPSA) is 29.1 Å². The summed E-state index contributed by atoms with van der Waals surface area (Å²) in [6.45, 7) is 1.92. The highest BCUT2D eigenvalue weighted by molar-refractivity contribution is 9.10. The van der Waals surface area contributed by atoms with Crippen molar-refractivity contribution in [3.63, 3.8) is 0 Å². The Morgan fingerprint density at radius 3 is 2.60 bits per heavy atom. The molecule has 0 spiro atoms. The molecule has 2 aromatic carbocycles. The van der Waals surface area contributed by atoms with Crippen molar-refractivity contribution in [3.8, 4) is 0 Å². The number of anilines is 1. The van der Waals surface area contributed by atoms with Crippen molar-refractivity contribution < 1.29 is 9.18 Å². The minimum atomic E-state index is -0.295. The second kappa shape index (κ2) is 6.48. The third-order valence-electron chi connectivity index (χ3n) is 2.75. The van der Waals surface area contributed by atoms with E-state index in [1.807, 2.05) is 25.1 Å². The van der Waals surface area contributed by atoms with Gasteiger partial charge in [0, 0.05) is 16.2 Å². The first kappa shape index (κ1) is 14.5. The fourth-order valence-corrected chi connectivity index (χ4v) is 2.01. The van der Waals surface area contributed by atoms with Crippen LogP contribution in [0.3, 0.4) is 0 Å². The summed E-state index contributed by atoms with van der Waals surface area (Å²) < 4.78 is 13.7. The van der Waals surface area contributed by atoms with Crippen LogP contribution in [0.4, 0.5) is 10.1 Å². The van der Waals surface area contributed by atoms with E-state index in [-0.39, 0.29) is 11.7 Å². The molecule has 0 saturated heterocycles. The molecule has 0 aromatic heterocycles. The predicted octanol–water partition coefficient (Wildman–Crippen LogP) is 4.55. The first-order valence-electron chi connectivity index (χ1n) is 6.05. The van der Waals surface area contributed by atoms with E-state index in [2.05, 4.69) is 21.2 Å². The Morgan fingerprint density at radius 1 is 1.20 bits per heavy atom. The second-order valence-corrected chi connectivity index (χ2v) is 5.25. The van der Waals surface area contributed by atoms with Gasteiger partial charge in [0.1, 0.15) is 5.82 Å². The zero-order chi connectivity index (χ0) is 14.5. The standard InChI is InChI=1S/C16H13BrFNO/c1-11-2-6-13(17)10-15(11)19-16(20)9-5-12-3-7-14(18)8-4-12/h2-10H,1H3,(H,19,20)/b9-5+. The Labute approximate surface area is 125 Å². The van der Waals surface area contributed by atoms with Crippen LogP contribution in [0.25, 0.3) is 6.08 Å². The highest BCUT2D eigenvalue weighted by atomic mass is 79.9. The molecule has 4 heteroatoms. The maximum absolute atomic E-state index is 12.7. The third kappa shape index (κ3) is 4.03. The zero-order valence-corrected chi connectivity index (χ0v) is 12.4. The van der Waals surface area contributed by atoms with Gasteiger partial charge in [0.25, 0.3) is 0 Å². The molecule has 0 aliphatic rings. The van der Waals surface area contributed by atoms with E-state index < -0.39 is 0 Å². The summed E-state index contributed by atoms with van der Waals surface area (Å²) >= 11 is 3.36. The molecule has 20 heavy (non-hydrogen) atoms. The molecular formula is C16H13BrFNO. The van der Waals surface area contributed by atoms with Gasteiger partial charge in [-0.25, -0.2) is 4.39 Å². The first-order valence-corrected chi connectivity index (χ1v) is 6.85. The normalized spacial score (nSPS) is 10.8. The Balaban J connectivity index is 2.05. The van der Waals surface area contributed by atoms with Crippen LogP contribution < -0.4 is 5.32 Å². The van der Waals surface area contributed by atoms with Gasteiger partial charge in [-0.05, 0) is 48.4 Å². The lowest BCUT2D eigenvalue weighted by Gasteiger charge is -2.06. The molecule has 0 radical (unpaired) electrons. The molecular weight excluding hydrogens is 321 g/mol. The molecule has 2 nitrogen and oxygen atoms in total. The summed E-state index contributed by atoms with van der Waals surface area (Å²) in [6, 6.07) is 11.6. The minimum Gasteiger partial charge on any atom is -0.322 e. The van der Waals surface area contributed by atoms with Crippen molar-refractivity contribution in [3.05, 3.63) is 70.0 Å². The van der Waals surface area contributed by atoms with Crippen LogP contribution in [0.5, 0.6) is 0 Å². The van der Waals surface area contributed by atoms with Crippen LogP contribution in [-0.2, 0) is 4.79 Å². The van der Waals surface area contributed by atoms with Gasteiger partial charge in [0.2, 0.25) is 5.91 Å². The van der Waals surface area contributed by atoms with Crippen LogP contribution in [-0.4, -0.2) is 5.91 Å². The molecule has 2 aromatic rings. The number of rotatable bonds is 3. The Hall–Kier alpha value is -1.94. The van der Waals surface area contributed by atoms with Gasteiger partial charge in [-0.3, -0.25) is 4.79 Å². The number of halogens is 2. The highest BCUT2D eigenvalue weighted by Crippen LogP contribution is 2.20. The summed E-state index contributed by atoms with van der Waals surface area (Å²) in [5, 5.41) is 2.80. The van der Waals surface area contributed by atoms with Gasteiger partial charge in [-0.15, -0.1) is 0 Å². The van der Waals surface area contributed by atoms with Crippen LogP contribution in [0.2, 0.25) is 0 Å². The molecule has 0 atom stereocenters. The Kier molecular flexibility index (Phi) is 4.69. The van der Waals surface area contributed by atoms with Crippen LogP contribution in [0.15, 0.2) is 53.0 Å². The van der Waals surface area contributed by atoms with Crippen LogP contribution in [0.1, 0.15) is 11.1 Å². The van der Waals surface area contributed by atoms with Crippen molar-refractivity contribution >= 4 is 33.6 Å². The lowest BCUT2D eigenvalue weighted by molar-refractivity contribution is -0.111. The van der Waals surface area contributed by atoms with Crippen LogP contribution in [0, 0.1) is 12.7 Å². The Bertz CT molecular complexity index is 650. The van der Waals surface area contributed by atoms with E-state index in [4.69, 9.17) is 0 Å². The number of carbonyl (C=O) groups is 1. The molecule has 1 amide bonds. The van der Waals surface area contributed by atoms with Gasteiger partial charge in [0.15, 0.2) is 0 Å². The largest absolute Gasteiger partial charge is 0.322 e.